The molecule has 7 heteroatoms. The number of carbonyl (C=O) groups excluding carboxylic acids is 1. The number of aryl methyl sites for hydroxylation is 2. The molecule has 4 aromatic rings. The number of rotatable bonds is 3. The number of aromatic hydroxyl groups is 1. The standard InChI is InChI=1S/C23H18FN3O3/c1-13-5-6-14(2)18(12-13)26-22(29)19-20(28)17-4-3-11-25-21(17)27(23(19)30)16-9-7-15(24)8-10-16/h3-12,28H,1-2H3,(H,26,29). The summed E-state index contributed by atoms with van der Waals surface area (Å²) >= 11 is 0. The average Bonchev–Trinajstić information content (AvgIpc) is 2.72. The van der Waals surface area contributed by atoms with Gasteiger partial charge in [-0.25, -0.2) is 9.37 Å². The van der Waals surface area contributed by atoms with Crippen LogP contribution in [0.15, 0.2) is 65.6 Å². The molecule has 0 radical (unpaired) electrons. The van der Waals surface area contributed by atoms with Crippen LogP contribution in [-0.2, 0) is 0 Å². The Kier molecular flexibility index (Phi) is 4.79. The maximum atomic E-state index is 13.4. The highest BCUT2D eigenvalue weighted by Crippen LogP contribution is 2.28. The lowest BCUT2D eigenvalue weighted by Gasteiger charge is -2.15. The first-order valence-corrected chi connectivity index (χ1v) is 9.24. The molecule has 1 amide bonds. The first kappa shape index (κ1) is 19.3. The van der Waals surface area contributed by atoms with Gasteiger partial charge in [0.05, 0.1) is 11.1 Å². The monoisotopic (exact) mass is 403 g/mol. The summed E-state index contributed by atoms with van der Waals surface area (Å²) < 4.78 is 14.6. The molecule has 0 unspecified atom stereocenters. The van der Waals surface area contributed by atoms with Gasteiger partial charge in [-0.1, -0.05) is 12.1 Å². The number of pyridine rings is 2. The van der Waals surface area contributed by atoms with Crippen LogP contribution in [0.2, 0.25) is 0 Å². The van der Waals surface area contributed by atoms with Crippen molar-refractivity contribution in [3.63, 3.8) is 0 Å². The van der Waals surface area contributed by atoms with Gasteiger partial charge >= 0.3 is 0 Å². The Balaban J connectivity index is 1.94. The molecule has 2 heterocycles. The van der Waals surface area contributed by atoms with E-state index < -0.39 is 28.6 Å². The third kappa shape index (κ3) is 3.30. The minimum Gasteiger partial charge on any atom is -0.506 e. The normalized spacial score (nSPS) is 10.9. The van der Waals surface area contributed by atoms with Crippen LogP contribution >= 0.6 is 0 Å². The summed E-state index contributed by atoms with van der Waals surface area (Å²) in [5, 5.41) is 13.7. The van der Waals surface area contributed by atoms with Crippen molar-refractivity contribution in [1.82, 2.24) is 9.55 Å². The van der Waals surface area contributed by atoms with E-state index in [1.54, 1.807) is 18.2 Å². The van der Waals surface area contributed by atoms with Gasteiger partial charge in [-0.05, 0) is 67.4 Å². The number of hydrogen-bond acceptors (Lipinski definition) is 4. The second-order valence-electron chi connectivity index (χ2n) is 6.99. The fourth-order valence-electron chi connectivity index (χ4n) is 3.29. The predicted molar refractivity (Wildman–Crippen MR) is 113 cm³/mol. The molecule has 0 spiro atoms. The van der Waals surface area contributed by atoms with Crippen LogP contribution in [0.25, 0.3) is 16.7 Å². The van der Waals surface area contributed by atoms with Gasteiger partial charge in [0.25, 0.3) is 11.5 Å². The molecule has 0 aliphatic heterocycles. The quantitative estimate of drug-likeness (QED) is 0.539. The van der Waals surface area contributed by atoms with Crippen molar-refractivity contribution in [3.05, 3.63) is 93.7 Å². The van der Waals surface area contributed by atoms with Gasteiger partial charge in [0.1, 0.15) is 17.1 Å². The van der Waals surface area contributed by atoms with Crippen LogP contribution in [0, 0.1) is 19.7 Å². The minimum absolute atomic E-state index is 0.162. The molecule has 150 valence electrons. The van der Waals surface area contributed by atoms with Crippen molar-refractivity contribution in [2.45, 2.75) is 13.8 Å². The van der Waals surface area contributed by atoms with Gasteiger partial charge in [-0.15, -0.1) is 0 Å². The van der Waals surface area contributed by atoms with E-state index in [9.17, 15) is 19.1 Å². The number of aromatic nitrogens is 2. The van der Waals surface area contributed by atoms with E-state index in [0.717, 1.165) is 11.1 Å². The van der Waals surface area contributed by atoms with Crippen LogP contribution in [0.5, 0.6) is 5.75 Å². The zero-order valence-electron chi connectivity index (χ0n) is 16.3. The van der Waals surface area contributed by atoms with E-state index >= 15 is 0 Å². The maximum absolute atomic E-state index is 13.4. The third-order valence-corrected chi connectivity index (χ3v) is 4.86. The molecule has 0 bridgehead atoms. The van der Waals surface area contributed by atoms with Crippen LogP contribution < -0.4 is 10.9 Å². The predicted octanol–water partition coefficient (Wildman–Crippen LogP) is 4.10. The Morgan fingerprint density at radius 3 is 2.57 bits per heavy atom. The Bertz CT molecular complexity index is 1340. The van der Waals surface area contributed by atoms with E-state index in [-0.39, 0.29) is 11.0 Å². The molecule has 30 heavy (non-hydrogen) atoms. The smallest absolute Gasteiger partial charge is 0.273 e. The molecule has 2 aromatic carbocycles. The average molecular weight is 403 g/mol. The Morgan fingerprint density at radius 2 is 1.83 bits per heavy atom. The molecule has 0 fully saturated rings. The first-order valence-electron chi connectivity index (χ1n) is 9.24. The van der Waals surface area contributed by atoms with Crippen LogP contribution in [0.1, 0.15) is 21.5 Å². The number of carbonyl (C=O) groups is 1. The van der Waals surface area contributed by atoms with Gasteiger partial charge in [-0.3, -0.25) is 14.2 Å². The Morgan fingerprint density at radius 1 is 1.10 bits per heavy atom. The van der Waals surface area contributed by atoms with E-state index in [4.69, 9.17) is 0 Å². The van der Waals surface area contributed by atoms with Gasteiger partial charge in [-0.2, -0.15) is 0 Å². The molecular weight excluding hydrogens is 385 g/mol. The van der Waals surface area contributed by atoms with Crippen molar-refractivity contribution in [3.8, 4) is 11.4 Å². The lowest BCUT2D eigenvalue weighted by Crippen LogP contribution is -2.29. The molecule has 0 aliphatic carbocycles. The number of nitrogens with zero attached hydrogens (tertiary/aromatic N) is 2. The second-order valence-corrected chi connectivity index (χ2v) is 6.99. The first-order chi connectivity index (χ1) is 14.4. The van der Waals surface area contributed by atoms with Crippen molar-refractivity contribution >= 4 is 22.6 Å². The maximum Gasteiger partial charge on any atom is 0.273 e. The third-order valence-electron chi connectivity index (χ3n) is 4.86. The summed E-state index contributed by atoms with van der Waals surface area (Å²) in [7, 11) is 0. The summed E-state index contributed by atoms with van der Waals surface area (Å²) in [4.78, 5) is 30.5. The number of halogens is 1. The Labute approximate surface area is 171 Å². The lowest BCUT2D eigenvalue weighted by molar-refractivity contribution is 0.102. The SMILES string of the molecule is Cc1ccc(C)c(NC(=O)c2c(O)c3cccnc3n(-c3ccc(F)cc3)c2=O)c1. The molecule has 0 atom stereocenters. The molecule has 4 rings (SSSR count). The zero-order chi connectivity index (χ0) is 21.4. The van der Waals surface area contributed by atoms with E-state index in [1.165, 1.54) is 35.0 Å². The summed E-state index contributed by atoms with van der Waals surface area (Å²) in [6.45, 7) is 3.71. The summed E-state index contributed by atoms with van der Waals surface area (Å²) in [5.74, 6) is -1.66. The summed E-state index contributed by atoms with van der Waals surface area (Å²) in [5.41, 5.74) is 1.61. The van der Waals surface area contributed by atoms with Crippen molar-refractivity contribution in [1.29, 1.82) is 0 Å². The van der Waals surface area contributed by atoms with E-state index in [0.29, 0.717) is 11.4 Å². The van der Waals surface area contributed by atoms with Gasteiger partial charge in [0.2, 0.25) is 0 Å². The Hall–Kier alpha value is -4.00. The van der Waals surface area contributed by atoms with Crippen molar-refractivity contribution in [2.75, 3.05) is 5.32 Å². The van der Waals surface area contributed by atoms with Gasteiger partial charge in [0.15, 0.2) is 5.65 Å². The molecule has 0 aliphatic rings. The van der Waals surface area contributed by atoms with Gasteiger partial charge < -0.3 is 10.4 Å². The fraction of sp³-hybridized carbons (Fsp3) is 0.0870. The largest absolute Gasteiger partial charge is 0.506 e. The molecule has 2 aromatic heterocycles. The highest BCUT2D eigenvalue weighted by molar-refractivity contribution is 6.09. The fourth-order valence-corrected chi connectivity index (χ4v) is 3.29. The molecule has 6 nitrogen and oxygen atoms in total. The second kappa shape index (κ2) is 7.44. The number of fused-ring (bicyclic) bond motifs is 1. The topological polar surface area (TPSA) is 84.2 Å². The van der Waals surface area contributed by atoms with Crippen LogP contribution in [-0.4, -0.2) is 20.6 Å². The van der Waals surface area contributed by atoms with E-state index in [1.807, 2.05) is 26.0 Å². The van der Waals surface area contributed by atoms with E-state index in [2.05, 4.69) is 10.3 Å². The number of hydrogen-bond donors (Lipinski definition) is 2. The highest BCUT2D eigenvalue weighted by Gasteiger charge is 2.24. The van der Waals surface area contributed by atoms with Crippen LogP contribution in [0.3, 0.4) is 0 Å². The number of benzene rings is 2. The zero-order valence-corrected chi connectivity index (χ0v) is 16.3. The number of nitrogens with one attached hydrogen (secondary N) is 1. The highest BCUT2D eigenvalue weighted by atomic mass is 19.1. The molecule has 2 N–H and O–H groups in total. The minimum atomic E-state index is -0.756. The summed E-state index contributed by atoms with van der Waals surface area (Å²) in [6.07, 6.45) is 1.47. The summed E-state index contributed by atoms with van der Waals surface area (Å²) in [6, 6.07) is 13.9. The molecular formula is C23H18FN3O3. The number of amides is 1. The van der Waals surface area contributed by atoms with Crippen molar-refractivity contribution in [2.24, 2.45) is 0 Å². The van der Waals surface area contributed by atoms with Crippen LogP contribution in [0.4, 0.5) is 10.1 Å². The molecule has 0 saturated carbocycles. The number of anilines is 1. The lowest BCUT2D eigenvalue weighted by atomic mass is 10.1. The van der Waals surface area contributed by atoms with Gasteiger partial charge in [0, 0.05) is 11.9 Å². The molecule has 0 saturated heterocycles. The van der Waals surface area contributed by atoms with Crippen molar-refractivity contribution < 1.29 is 14.3 Å².